The van der Waals surface area contributed by atoms with Gasteiger partial charge in [0.15, 0.2) is 0 Å². The number of rotatable bonds is 9. The lowest BCUT2D eigenvalue weighted by Crippen LogP contribution is -2.31. The lowest BCUT2D eigenvalue weighted by atomic mass is 9.97. The average Bonchev–Trinajstić information content (AvgIpc) is 2.79. The van der Waals surface area contributed by atoms with Gasteiger partial charge in [0.1, 0.15) is 0 Å². The highest BCUT2D eigenvalue weighted by atomic mass is 32.2. The van der Waals surface area contributed by atoms with Gasteiger partial charge in [-0.2, -0.15) is 0 Å². The SMILES string of the molecule is C=CCN(c1ccc(C(=O)NCCC2=CCCCC2)cc1)S(=O)(=O)c1ccccc1. The van der Waals surface area contributed by atoms with Crippen LogP contribution >= 0.6 is 0 Å². The van der Waals surface area contributed by atoms with Crippen molar-refractivity contribution in [1.29, 1.82) is 0 Å². The number of amides is 1. The predicted molar refractivity (Wildman–Crippen MR) is 121 cm³/mol. The first kappa shape index (κ1) is 21.8. The summed E-state index contributed by atoms with van der Waals surface area (Å²) in [6.45, 7) is 4.42. The van der Waals surface area contributed by atoms with Crippen molar-refractivity contribution in [3.8, 4) is 0 Å². The van der Waals surface area contributed by atoms with Crippen LogP contribution in [0.15, 0.2) is 83.8 Å². The molecule has 1 amide bonds. The highest BCUT2D eigenvalue weighted by molar-refractivity contribution is 7.92. The number of allylic oxidation sites excluding steroid dienone is 1. The van der Waals surface area contributed by atoms with Crippen LogP contribution in [0.1, 0.15) is 42.5 Å². The highest BCUT2D eigenvalue weighted by Crippen LogP contribution is 2.24. The number of sulfonamides is 1. The first-order valence-electron chi connectivity index (χ1n) is 10.3. The van der Waals surface area contributed by atoms with Crippen molar-refractivity contribution in [3.05, 3.63) is 84.5 Å². The van der Waals surface area contributed by atoms with Gasteiger partial charge in [0, 0.05) is 12.1 Å². The fraction of sp³-hybridized carbons (Fsp3) is 0.292. The molecule has 2 aromatic rings. The Bertz CT molecular complexity index is 997. The molecule has 0 spiro atoms. The van der Waals surface area contributed by atoms with Gasteiger partial charge in [-0.3, -0.25) is 9.10 Å². The third kappa shape index (κ3) is 5.39. The summed E-state index contributed by atoms with van der Waals surface area (Å²) in [6.07, 6.45) is 9.45. The number of nitrogens with one attached hydrogen (secondary N) is 1. The zero-order valence-corrected chi connectivity index (χ0v) is 17.9. The van der Waals surface area contributed by atoms with E-state index in [-0.39, 0.29) is 17.3 Å². The standard InChI is InChI=1S/C24H28N2O3S/c1-2-19-26(30(28,29)23-11-7-4-8-12-23)22-15-13-21(14-16-22)24(27)25-18-17-20-9-5-3-6-10-20/h2,4,7-9,11-16H,1,3,5-6,10,17-19H2,(H,25,27). The lowest BCUT2D eigenvalue weighted by molar-refractivity contribution is 0.0954. The van der Waals surface area contributed by atoms with Crippen molar-refractivity contribution in [2.24, 2.45) is 0 Å². The molecule has 0 bridgehead atoms. The molecular weight excluding hydrogens is 396 g/mol. The van der Waals surface area contributed by atoms with Gasteiger partial charge in [-0.15, -0.1) is 6.58 Å². The molecule has 1 N–H and O–H groups in total. The highest BCUT2D eigenvalue weighted by Gasteiger charge is 2.23. The minimum Gasteiger partial charge on any atom is -0.352 e. The molecule has 0 aromatic heterocycles. The zero-order chi connectivity index (χ0) is 21.4. The Labute approximate surface area is 179 Å². The van der Waals surface area contributed by atoms with E-state index in [4.69, 9.17) is 0 Å². The van der Waals surface area contributed by atoms with E-state index in [1.54, 1.807) is 60.7 Å². The second kappa shape index (κ2) is 10.3. The Morgan fingerprint density at radius 3 is 2.43 bits per heavy atom. The number of hydrogen-bond acceptors (Lipinski definition) is 3. The molecule has 0 saturated carbocycles. The number of nitrogens with zero attached hydrogens (tertiary/aromatic N) is 1. The minimum absolute atomic E-state index is 0.137. The van der Waals surface area contributed by atoms with Crippen LogP contribution in [0.25, 0.3) is 0 Å². The van der Waals surface area contributed by atoms with Crippen molar-refractivity contribution in [2.75, 3.05) is 17.4 Å². The monoisotopic (exact) mass is 424 g/mol. The van der Waals surface area contributed by atoms with Crippen molar-refractivity contribution in [2.45, 2.75) is 37.0 Å². The molecule has 5 nitrogen and oxygen atoms in total. The average molecular weight is 425 g/mol. The molecule has 30 heavy (non-hydrogen) atoms. The second-order valence-electron chi connectivity index (χ2n) is 7.30. The van der Waals surface area contributed by atoms with E-state index in [0.717, 1.165) is 19.3 Å². The van der Waals surface area contributed by atoms with Crippen molar-refractivity contribution < 1.29 is 13.2 Å². The summed E-state index contributed by atoms with van der Waals surface area (Å²) in [7, 11) is -3.72. The van der Waals surface area contributed by atoms with Crippen LogP contribution in [-0.4, -0.2) is 27.4 Å². The predicted octanol–water partition coefficient (Wildman–Crippen LogP) is 4.69. The molecule has 6 heteroatoms. The van der Waals surface area contributed by atoms with Crippen LogP contribution < -0.4 is 9.62 Å². The quantitative estimate of drug-likeness (QED) is 0.594. The number of hydrogen-bond donors (Lipinski definition) is 1. The summed E-state index contributed by atoms with van der Waals surface area (Å²) in [5, 5.41) is 2.95. The van der Waals surface area contributed by atoms with Gasteiger partial charge in [-0.05, 0) is 68.5 Å². The maximum Gasteiger partial charge on any atom is 0.264 e. The molecule has 0 aliphatic heterocycles. The van der Waals surface area contributed by atoms with Crippen molar-refractivity contribution >= 4 is 21.6 Å². The molecule has 0 unspecified atom stereocenters. The van der Waals surface area contributed by atoms with Crippen LogP contribution in [0.4, 0.5) is 5.69 Å². The van der Waals surface area contributed by atoms with Gasteiger partial charge >= 0.3 is 0 Å². The topological polar surface area (TPSA) is 66.5 Å². The molecule has 0 saturated heterocycles. The molecule has 1 aliphatic carbocycles. The maximum absolute atomic E-state index is 13.0. The number of anilines is 1. The Morgan fingerprint density at radius 2 is 1.80 bits per heavy atom. The molecule has 158 valence electrons. The van der Waals surface area contributed by atoms with Gasteiger partial charge in [0.25, 0.3) is 15.9 Å². The largest absolute Gasteiger partial charge is 0.352 e. The van der Waals surface area contributed by atoms with E-state index >= 15 is 0 Å². The molecular formula is C24H28N2O3S. The summed E-state index contributed by atoms with van der Waals surface area (Å²) in [4.78, 5) is 12.6. The third-order valence-corrected chi connectivity index (χ3v) is 6.97. The Morgan fingerprint density at radius 1 is 1.07 bits per heavy atom. The fourth-order valence-electron chi connectivity index (χ4n) is 3.53. The van der Waals surface area contributed by atoms with E-state index in [2.05, 4.69) is 18.0 Å². The number of carbonyl (C=O) groups is 1. The van der Waals surface area contributed by atoms with Gasteiger partial charge in [0.2, 0.25) is 0 Å². The maximum atomic E-state index is 13.0. The van der Waals surface area contributed by atoms with E-state index in [1.807, 2.05) is 0 Å². The molecule has 2 aromatic carbocycles. The van der Waals surface area contributed by atoms with Crippen LogP contribution in [0, 0.1) is 0 Å². The van der Waals surface area contributed by atoms with Crippen LogP contribution in [0.5, 0.6) is 0 Å². The van der Waals surface area contributed by atoms with E-state index in [9.17, 15) is 13.2 Å². The van der Waals surface area contributed by atoms with Crippen LogP contribution in [0.2, 0.25) is 0 Å². The molecule has 3 rings (SSSR count). The van der Waals surface area contributed by atoms with Crippen molar-refractivity contribution in [1.82, 2.24) is 5.32 Å². The van der Waals surface area contributed by atoms with Crippen LogP contribution in [0.3, 0.4) is 0 Å². The Kier molecular flexibility index (Phi) is 7.46. The third-order valence-electron chi connectivity index (χ3n) is 5.16. The summed E-state index contributed by atoms with van der Waals surface area (Å²) in [6, 6.07) is 14.9. The summed E-state index contributed by atoms with van der Waals surface area (Å²) in [5.74, 6) is -0.154. The molecule has 1 aliphatic rings. The van der Waals surface area contributed by atoms with Gasteiger partial charge in [0.05, 0.1) is 17.1 Å². The summed E-state index contributed by atoms with van der Waals surface area (Å²) in [5.41, 5.74) is 2.41. The van der Waals surface area contributed by atoms with E-state index in [1.165, 1.54) is 22.7 Å². The van der Waals surface area contributed by atoms with Gasteiger partial charge in [-0.1, -0.05) is 35.9 Å². The van der Waals surface area contributed by atoms with Crippen LogP contribution in [-0.2, 0) is 10.0 Å². The summed E-state index contributed by atoms with van der Waals surface area (Å²) >= 11 is 0. The smallest absolute Gasteiger partial charge is 0.264 e. The molecule has 0 heterocycles. The minimum atomic E-state index is -3.72. The lowest BCUT2D eigenvalue weighted by Gasteiger charge is -2.23. The fourth-order valence-corrected chi connectivity index (χ4v) is 4.99. The van der Waals surface area contributed by atoms with Crippen molar-refractivity contribution in [3.63, 3.8) is 0 Å². The van der Waals surface area contributed by atoms with Gasteiger partial charge < -0.3 is 5.32 Å². The first-order chi connectivity index (χ1) is 14.5. The van der Waals surface area contributed by atoms with E-state index < -0.39 is 10.0 Å². The zero-order valence-electron chi connectivity index (χ0n) is 17.1. The molecule has 0 radical (unpaired) electrons. The number of benzene rings is 2. The second-order valence-corrected chi connectivity index (χ2v) is 9.16. The number of carbonyl (C=O) groups excluding carboxylic acids is 1. The Balaban J connectivity index is 1.68. The normalized spacial score (nSPS) is 13.9. The summed E-state index contributed by atoms with van der Waals surface area (Å²) < 4.78 is 27.3. The molecule has 0 atom stereocenters. The van der Waals surface area contributed by atoms with Gasteiger partial charge in [-0.25, -0.2) is 8.42 Å². The van der Waals surface area contributed by atoms with E-state index in [0.29, 0.717) is 17.8 Å². The Hall–Kier alpha value is -2.86. The first-order valence-corrected chi connectivity index (χ1v) is 11.7. The molecule has 0 fully saturated rings.